The fourth-order valence-electron chi connectivity index (χ4n) is 1.36. The summed E-state index contributed by atoms with van der Waals surface area (Å²) < 4.78 is 5.52. The predicted octanol–water partition coefficient (Wildman–Crippen LogP) is 2.82. The smallest absolute Gasteiger partial charge is 0.0590 e. The highest BCUT2D eigenvalue weighted by molar-refractivity contribution is 7.12. The molecule has 1 rings (SSSR count). The van der Waals surface area contributed by atoms with Crippen molar-refractivity contribution in [1.82, 2.24) is 5.32 Å². The van der Waals surface area contributed by atoms with Crippen molar-refractivity contribution in [2.75, 3.05) is 26.8 Å². The SMILES string of the molecule is CNCCOCCc1ccc(C(C)(C)C)s1. The number of likely N-dealkylation sites (N-methyl/N-ethyl adjacent to an activating group) is 1. The first-order valence-corrected chi connectivity index (χ1v) is 6.67. The van der Waals surface area contributed by atoms with E-state index in [1.54, 1.807) is 0 Å². The quantitative estimate of drug-likeness (QED) is 0.773. The molecule has 0 bridgehead atoms. The highest BCUT2D eigenvalue weighted by atomic mass is 32.1. The Balaban J connectivity index is 2.30. The van der Waals surface area contributed by atoms with E-state index in [-0.39, 0.29) is 5.41 Å². The van der Waals surface area contributed by atoms with Crippen LogP contribution in [0.25, 0.3) is 0 Å². The average molecular weight is 241 g/mol. The van der Waals surface area contributed by atoms with Crippen molar-refractivity contribution in [2.24, 2.45) is 0 Å². The Kier molecular flexibility index (Phi) is 5.46. The molecule has 0 unspecified atom stereocenters. The number of rotatable bonds is 6. The van der Waals surface area contributed by atoms with Gasteiger partial charge in [-0.3, -0.25) is 0 Å². The van der Waals surface area contributed by atoms with E-state index >= 15 is 0 Å². The molecule has 0 aliphatic carbocycles. The van der Waals surface area contributed by atoms with E-state index in [0.29, 0.717) is 0 Å². The Morgan fingerprint density at radius 3 is 2.56 bits per heavy atom. The van der Waals surface area contributed by atoms with Gasteiger partial charge >= 0.3 is 0 Å². The predicted molar refractivity (Wildman–Crippen MR) is 71.5 cm³/mol. The lowest BCUT2D eigenvalue weighted by atomic mass is 9.95. The van der Waals surface area contributed by atoms with Crippen molar-refractivity contribution >= 4 is 11.3 Å². The van der Waals surface area contributed by atoms with Gasteiger partial charge in [0.05, 0.1) is 13.2 Å². The summed E-state index contributed by atoms with van der Waals surface area (Å²) in [4.78, 5) is 2.88. The molecule has 0 radical (unpaired) electrons. The molecule has 0 aliphatic heterocycles. The first-order valence-electron chi connectivity index (χ1n) is 5.85. The lowest BCUT2D eigenvalue weighted by molar-refractivity contribution is 0.141. The number of ether oxygens (including phenoxy) is 1. The first-order chi connectivity index (χ1) is 7.54. The van der Waals surface area contributed by atoms with Crippen molar-refractivity contribution in [2.45, 2.75) is 32.6 Å². The summed E-state index contributed by atoms with van der Waals surface area (Å²) in [5, 5.41) is 3.07. The zero-order chi connectivity index (χ0) is 12.0. The van der Waals surface area contributed by atoms with Gasteiger partial charge in [0, 0.05) is 22.7 Å². The van der Waals surface area contributed by atoms with E-state index in [1.165, 1.54) is 9.75 Å². The highest BCUT2D eigenvalue weighted by Gasteiger charge is 2.15. The van der Waals surface area contributed by atoms with E-state index in [2.05, 4.69) is 38.2 Å². The van der Waals surface area contributed by atoms with Crippen LogP contribution >= 0.6 is 11.3 Å². The van der Waals surface area contributed by atoms with Crippen LogP contribution in [0.5, 0.6) is 0 Å². The van der Waals surface area contributed by atoms with Crippen LogP contribution < -0.4 is 5.32 Å². The summed E-state index contributed by atoms with van der Waals surface area (Å²) in [6.07, 6.45) is 1.03. The van der Waals surface area contributed by atoms with Crippen LogP contribution in [0.2, 0.25) is 0 Å². The van der Waals surface area contributed by atoms with Crippen LogP contribution in [0.15, 0.2) is 12.1 Å². The fraction of sp³-hybridized carbons (Fsp3) is 0.692. The van der Waals surface area contributed by atoms with E-state index in [9.17, 15) is 0 Å². The number of hydrogen-bond donors (Lipinski definition) is 1. The van der Waals surface area contributed by atoms with Crippen LogP contribution in [0.3, 0.4) is 0 Å². The van der Waals surface area contributed by atoms with Gasteiger partial charge in [0.25, 0.3) is 0 Å². The fourth-order valence-corrected chi connectivity index (χ4v) is 2.41. The third-order valence-corrected chi connectivity index (χ3v) is 3.96. The molecule has 0 fully saturated rings. The van der Waals surface area contributed by atoms with Gasteiger partial charge in [-0.1, -0.05) is 20.8 Å². The zero-order valence-electron chi connectivity index (χ0n) is 10.8. The molecule has 1 heterocycles. The number of nitrogens with one attached hydrogen (secondary N) is 1. The Bertz CT molecular complexity index is 301. The maximum Gasteiger partial charge on any atom is 0.0590 e. The summed E-state index contributed by atoms with van der Waals surface area (Å²) in [5.74, 6) is 0. The van der Waals surface area contributed by atoms with Crippen molar-refractivity contribution in [3.05, 3.63) is 21.9 Å². The normalized spacial score (nSPS) is 12.0. The Morgan fingerprint density at radius 2 is 2.00 bits per heavy atom. The third kappa shape index (κ3) is 4.64. The van der Waals surface area contributed by atoms with Gasteiger partial charge in [-0.05, 0) is 24.6 Å². The molecule has 2 nitrogen and oxygen atoms in total. The molecule has 92 valence electrons. The van der Waals surface area contributed by atoms with Crippen LogP contribution in [0, 0.1) is 0 Å². The van der Waals surface area contributed by atoms with Crippen molar-refractivity contribution < 1.29 is 4.74 Å². The topological polar surface area (TPSA) is 21.3 Å². The second kappa shape index (κ2) is 6.38. The van der Waals surface area contributed by atoms with Gasteiger partial charge in [-0.2, -0.15) is 0 Å². The Morgan fingerprint density at radius 1 is 1.25 bits per heavy atom. The van der Waals surface area contributed by atoms with Gasteiger partial charge in [0.2, 0.25) is 0 Å². The summed E-state index contributed by atoms with van der Waals surface area (Å²) in [7, 11) is 1.94. The Labute approximate surface area is 103 Å². The van der Waals surface area contributed by atoms with Gasteiger partial charge in [0.15, 0.2) is 0 Å². The largest absolute Gasteiger partial charge is 0.380 e. The molecule has 0 aliphatic rings. The monoisotopic (exact) mass is 241 g/mol. The molecule has 0 atom stereocenters. The van der Waals surface area contributed by atoms with Gasteiger partial charge in [-0.15, -0.1) is 11.3 Å². The van der Waals surface area contributed by atoms with Crippen molar-refractivity contribution in [1.29, 1.82) is 0 Å². The first kappa shape index (κ1) is 13.7. The molecule has 16 heavy (non-hydrogen) atoms. The van der Waals surface area contributed by atoms with Crippen LogP contribution in [0.1, 0.15) is 30.5 Å². The van der Waals surface area contributed by atoms with Crippen molar-refractivity contribution in [3.8, 4) is 0 Å². The summed E-state index contributed by atoms with van der Waals surface area (Å²) in [6, 6.07) is 4.47. The lowest BCUT2D eigenvalue weighted by Gasteiger charge is -2.15. The second-order valence-electron chi connectivity index (χ2n) is 4.98. The molecule has 1 N–H and O–H groups in total. The maximum absolute atomic E-state index is 5.52. The highest BCUT2D eigenvalue weighted by Crippen LogP contribution is 2.29. The maximum atomic E-state index is 5.52. The van der Waals surface area contributed by atoms with Gasteiger partial charge in [0.1, 0.15) is 0 Å². The second-order valence-corrected chi connectivity index (χ2v) is 6.15. The lowest BCUT2D eigenvalue weighted by Crippen LogP contribution is -2.14. The molecule has 0 saturated carbocycles. The van der Waals surface area contributed by atoms with E-state index in [0.717, 1.165) is 26.2 Å². The molecule has 0 saturated heterocycles. The molecule has 0 spiro atoms. The molecule has 0 aromatic carbocycles. The van der Waals surface area contributed by atoms with Gasteiger partial charge in [-0.25, -0.2) is 0 Å². The third-order valence-electron chi connectivity index (χ3n) is 2.39. The molecular weight excluding hydrogens is 218 g/mol. The average Bonchev–Trinajstić information content (AvgIpc) is 2.65. The minimum atomic E-state index is 0.274. The number of hydrogen-bond acceptors (Lipinski definition) is 3. The van der Waals surface area contributed by atoms with Crippen LogP contribution in [0.4, 0.5) is 0 Å². The summed E-state index contributed by atoms with van der Waals surface area (Å²) in [5.41, 5.74) is 0.274. The summed E-state index contributed by atoms with van der Waals surface area (Å²) >= 11 is 1.91. The van der Waals surface area contributed by atoms with Crippen LogP contribution in [-0.2, 0) is 16.6 Å². The van der Waals surface area contributed by atoms with E-state index < -0.39 is 0 Å². The van der Waals surface area contributed by atoms with E-state index in [1.807, 2.05) is 18.4 Å². The van der Waals surface area contributed by atoms with Crippen molar-refractivity contribution in [3.63, 3.8) is 0 Å². The minimum Gasteiger partial charge on any atom is -0.380 e. The molecule has 1 aromatic rings. The number of thiophene rings is 1. The molecule has 3 heteroatoms. The molecule has 1 aromatic heterocycles. The molecular formula is C13H23NOS. The Hall–Kier alpha value is -0.380. The molecule has 0 amide bonds. The minimum absolute atomic E-state index is 0.274. The van der Waals surface area contributed by atoms with Crippen LogP contribution in [-0.4, -0.2) is 26.8 Å². The van der Waals surface area contributed by atoms with Gasteiger partial charge < -0.3 is 10.1 Å². The standard InChI is InChI=1S/C13H23NOS/c1-13(2,3)12-6-5-11(16-12)7-9-15-10-8-14-4/h5-6,14H,7-10H2,1-4H3. The zero-order valence-corrected chi connectivity index (χ0v) is 11.6. The summed E-state index contributed by atoms with van der Waals surface area (Å²) in [6.45, 7) is 9.32. The van der Waals surface area contributed by atoms with E-state index in [4.69, 9.17) is 4.74 Å².